The molecule has 2 fully saturated rings. The molecule has 42 heavy (non-hydrogen) atoms. The lowest BCUT2D eigenvalue weighted by Gasteiger charge is -2.46. The van der Waals surface area contributed by atoms with E-state index in [1.807, 2.05) is 57.0 Å². The van der Waals surface area contributed by atoms with Gasteiger partial charge in [-0.1, -0.05) is 45.0 Å². The molecule has 0 spiro atoms. The Bertz CT molecular complexity index is 1190. The third-order valence-corrected chi connectivity index (χ3v) is 9.04. The molecule has 1 heterocycles. The van der Waals surface area contributed by atoms with Crippen molar-refractivity contribution in [2.75, 3.05) is 25.5 Å². The number of aliphatic carboxylic acids is 1. The molecule has 0 aromatic heterocycles. The van der Waals surface area contributed by atoms with E-state index < -0.39 is 11.4 Å². The van der Waals surface area contributed by atoms with Crippen LogP contribution in [0.4, 0.5) is 5.69 Å². The summed E-state index contributed by atoms with van der Waals surface area (Å²) in [4.78, 5) is 27.0. The van der Waals surface area contributed by atoms with E-state index in [-0.39, 0.29) is 28.9 Å². The number of nitrogens with zero attached hydrogens (tertiary/aromatic N) is 1. The lowest BCUT2D eigenvalue weighted by Crippen LogP contribution is -2.47. The van der Waals surface area contributed by atoms with Crippen LogP contribution >= 0.6 is 0 Å². The Labute approximate surface area is 252 Å². The SMILES string of the molecule is CNc1ccc(C2(CCN(Cc3ccc(O[C@H]4CC[C@H](C(=O)O)CC4)cc3)C(=O)C(C)(C)C)CCOC(C)(C)C2)cc1. The average molecular weight is 579 g/mol. The normalized spacial score (nSPS) is 24.0. The van der Waals surface area contributed by atoms with Crippen LogP contribution in [0.1, 0.15) is 90.7 Å². The summed E-state index contributed by atoms with van der Waals surface area (Å²) in [5, 5.41) is 12.5. The zero-order valence-electron chi connectivity index (χ0n) is 26.4. The van der Waals surface area contributed by atoms with Crippen molar-refractivity contribution in [3.8, 4) is 5.75 Å². The molecule has 7 heteroatoms. The van der Waals surface area contributed by atoms with Gasteiger partial charge in [0.1, 0.15) is 5.75 Å². The van der Waals surface area contributed by atoms with Crippen molar-refractivity contribution in [1.82, 2.24) is 4.90 Å². The fourth-order valence-electron chi connectivity index (χ4n) is 6.66. The van der Waals surface area contributed by atoms with Gasteiger partial charge in [0, 0.05) is 43.3 Å². The van der Waals surface area contributed by atoms with Crippen LogP contribution in [0.3, 0.4) is 0 Å². The summed E-state index contributed by atoms with van der Waals surface area (Å²) in [6.45, 7) is 12.2. The number of rotatable bonds is 10. The second kappa shape index (κ2) is 13.1. The number of benzene rings is 2. The number of carboxylic acid groups (broad SMARTS) is 1. The molecular formula is C35H50N2O5. The number of hydrogen-bond acceptors (Lipinski definition) is 5. The van der Waals surface area contributed by atoms with Crippen LogP contribution < -0.4 is 10.1 Å². The molecule has 1 aliphatic carbocycles. The average Bonchev–Trinajstić information content (AvgIpc) is 2.95. The molecule has 7 nitrogen and oxygen atoms in total. The summed E-state index contributed by atoms with van der Waals surface area (Å²) >= 11 is 0. The number of hydrogen-bond donors (Lipinski definition) is 2. The molecule has 4 rings (SSSR count). The summed E-state index contributed by atoms with van der Waals surface area (Å²) in [5.41, 5.74) is 2.65. The van der Waals surface area contributed by atoms with Crippen LogP contribution in [0, 0.1) is 11.3 Å². The van der Waals surface area contributed by atoms with Gasteiger partial charge in [-0.2, -0.15) is 0 Å². The van der Waals surface area contributed by atoms with Gasteiger partial charge in [-0.25, -0.2) is 0 Å². The van der Waals surface area contributed by atoms with Crippen molar-refractivity contribution >= 4 is 17.6 Å². The van der Waals surface area contributed by atoms with Crippen LogP contribution in [-0.4, -0.2) is 53.8 Å². The lowest BCUT2D eigenvalue weighted by molar-refractivity contribution is -0.143. The fourth-order valence-corrected chi connectivity index (χ4v) is 6.66. The molecule has 1 saturated heterocycles. The van der Waals surface area contributed by atoms with Crippen LogP contribution in [0.25, 0.3) is 0 Å². The van der Waals surface area contributed by atoms with Gasteiger partial charge in [-0.3, -0.25) is 9.59 Å². The van der Waals surface area contributed by atoms with Gasteiger partial charge in [-0.15, -0.1) is 0 Å². The molecule has 1 amide bonds. The molecule has 1 saturated carbocycles. The standard InChI is InChI=1S/C35H50N2O5/c1-33(2,3)32(40)37(23-25-7-15-29(16-8-25)42-30-17-9-26(10-18-30)31(38)39)21-19-35(20-22-41-34(4,5)24-35)27-11-13-28(36-6)14-12-27/h7-8,11-16,26,30,36H,9-10,17-24H2,1-6H3,(H,38,39)/t26-,30-,35?. The first-order valence-corrected chi connectivity index (χ1v) is 15.5. The number of carboxylic acids is 1. The molecule has 2 aromatic carbocycles. The highest BCUT2D eigenvalue weighted by Gasteiger charge is 2.42. The van der Waals surface area contributed by atoms with E-state index in [4.69, 9.17) is 9.47 Å². The van der Waals surface area contributed by atoms with E-state index in [0.29, 0.717) is 32.5 Å². The van der Waals surface area contributed by atoms with Crippen molar-refractivity contribution in [3.63, 3.8) is 0 Å². The second-order valence-electron chi connectivity index (χ2n) is 13.9. The van der Waals surface area contributed by atoms with Crippen LogP contribution in [0.2, 0.25) is 0 Å². The number of amides is 1. The maximum atomic E-state index is 13.7. The van der Waals surface area contributed by atoms with Gasteiger partial charge in [0.15, 0.2) is 0 Å². The third kappa shape index (κ3) is 8.06. The molecule has 0 radical (unpaired) electrons. The number of anilines is 1. The fraction of sp³-hybridized carbons (Fsp3) is 0.600. The number of ether oxygens (including phenoxy) is 2. The third-order valence-electron chi connectivity index (χ3n) is 9.04. The molecule has 0 bridgehead atoms. The van der Waals surface area contributed by atoms with Gasteiger partial charge < -0.3 is 24.8 Å². The summed E-state index contributed by atoms with van der Waals surface area (Å²) < 4.78 is 12.3. The zero-order valence-corrected chi connectivity index (χ0v) is 26.4. The quantitative estimate of drug-likeness (QED) is 0.314. The summed E-state index contributed by atoms with van der Waals surface area (Å²) in [6, 6.07) is 16.8. The van der Waals surface area contributed by atoms with Crippen LogP contribution in [0.5, 0.6) is 5.75 Å². The Morgan fingerprint density at radius 3 is 2.21 bits per heavy atom. The Morgan fingerprint density at radius 2 is 1.67 bits per heavy atom. The molecule has 1 unspecified atom stereocenters. The van der Waals surface area contributed by atoms with Crippen LogP contribution in [-0.2, 0) is 26.3 Å². The Hall–Kier alpha value is -3.06. The van der Waals surface area contributed by atoms with E-state index >= 15 is 0 Å². The smallest absolute Gasteiger partial charge is 0.306 e. The minimum Gasteiger partial charge on any atom is -0.490 e. The minimum atomic E-state index is -0.703. The Kier molecular flexibility index (Phi) is 9.92. The molecule has 230 valence electrons. The van der Waals surface area contributed by atoms with Gasteiger partial charge >= 0.3 is 5.97 Å². The molecular weight excluding hydrogens is 528 g/mol. The lowest BCUT2D eigenvalue weighted by atomic mass is 9.67. The van der Waals surface area contributed by atoms with Gasteiger partial charge in [0.2, 0.25) is 5.91 Å². The first-order valence-electron chi connectivity index (χ1n) is 15.5. The predicted molar refractivity (Wildman–Crippen MR) is 167 cm³/mol. The number of nitrogens with one attached hydrogen (secondary N) is 1. The van der Waals surface area contributed by atoms with Crippen molar-refractivity contribution in [2.45, 2.75) is 103 Å². The van der Waals surface area contributed by atoms with E-state index in [1.165, 1.54) is 5.56 Å². The highest BCUT2D eigenvalue weighted by Crippen LogP contribution is 2.44. The molecule has 2 aromatic rings. The highest BCUT2D eigenvalue weighted by molar-refractivity contribution is 5.81. The summed E-state index contributed by atoms with van der Waals surface area (Å²) in [5.74, 6) is -0.0208. The number of carbonyl (C=O) groups is 2. The molecule has 2 aliphatic rings. The van der Waals surface area contributed by atoms with Gasteiger partial charge in [0.25, 0.3) is 0 Å². The number of carbonyl (C=O) groups excluding carboxylic acids is 1. The highest BCUT2D eigenvalue weighted by atomic mass is 16.5. The van der Waals surface area contributed by atoms with E-state index in [1.54, 1.807) is 0 Å². The Balaban J connectivity index is 1.48. The molecule has 2 N–H and O–H groups in total. The maximum absolute atomic E-state index is 13.7. The van der Waals surface area contributed by atoms with Gasteiger partial charge in [-0.05, 0) is 94.2 Å². The monoisotopic (exact) mass is 578 g/mol. The first kappa shape index (κ1) is 31.9. The largest absolute Gasteiger partial charge is 0.490 e. The van der Waals surface area contributed by atoms with Crippen molar-refractivity contribution in [2.24, 2.45) is 11.3 Å². The minimum absolute atomic E-state index is 0.0486. The topological polar surface area (TPSA) is 88.1 Å². The van der Waals surface area contributed by atoms with Crippen molar-refractivity contribution < 1.29 is 24.2 Å². The predicted octanol–water partition coefficient (Wildman–Crippen LogP) is 7.04. The summed E-state index contributed by atoms with van der Waals surface area (Å²) in [7, 11) is 1.93. The molecule has 1 aliphatic heterocycles. The zero-order chi connectivity index (χ0) is 30.5. The second-order valence-corrected chi connectivity index (χ2v) is 13.9. The first-order chi connectivity index (χ1) is 19.8. The maximum Gasteiger partial charge on any atom is 0.306 e. The van der Waals surface area contributed by atoms with Crippen molar-refractivity contribution in [3.05, 3.63) is 59.7 Å². The summed E-state index contributed by atoms with van der Waals surface area (Å²) in [6.07, 6.45) is 5.57. The Morgan fingerprint density at radius 1 is 1.02 bits per heavy atom. The molecule has 1 atom stereocenters. The van der Waals surface area contributed by atoms with Crippen molar-refractivity contribution in [1.29, 1.82) is 0 Å². The van der Waals surface area contributed by atoms with E-state index in [2.05, 4.69) is 43.4 Å². The van der Waals surface area contributed by atoms with E-state index in [9.17, 15) is 14.7 Å². The van der Waals surface area contributed by atoms with Gasteiger partial charge in [0.05, 0.1) is 17.6 Å². The van der Waals surface area contributed by atoms with E-state index in [0.717, 1.165) is 49.1 Å². The van der Waals surface area contributed by atoms with Crippen LogP contribution in [0.15, 0.2) is 48.5 Å².